The first kappa shape index (κ1) is 20.1. The number of hydrogen-bond donors (Lipinski definition) is 2. The zero-order chi connectivity index (χ0) is 19.3. The molecule has 26 heavy (non-hydrogen) atoms. The van der Waals surface area contributed by atoms with E-state index in [0.29, 0.717) is 13.0 Å². The minimum atomic E-state index is -3.70. The fourth-order valence-electron chi connectivity index (χ4n) is 2.79. The van der Waals surface area contributed by atoms with Gasteiger partial charge in [0.15, 0.2) is 0 Å². The Hall–Kier alpha value is -2.25. The molecular formula is C19H23FN2O3S. The van der Waals surface area contributed by atoms with Crippen molar-refractivity contribution in [1.82, 2.24) is 5.32 Å². The van der Waals surface area contributed by atoms with Gasteiger partial charge in [-0.3, -0.25) is 4.79 Å². The van der Waals surface area contributed by atoms with Crippen molar-refractivity contribution in [1.29, 1.82) is 0 Å². The highest BCUT2D eigenvalue weighted by atomic mass is 32.2. The molecule has 5 nitrogen and oxygen atoms in total. The largest absolute Gasteiger partial charge is 0.355 e. The van der Waals surface area contributed by atoms with E-state index in [9.17, 15) is 17.6 Å². The van der Waals surface area contributed by atoms with E-state index in [0.717, 1.165) is 11.1 Å². The van der Waals surface area contributed by atoms with Crippen molar-refractivity contribution in [2.75, 3.05) is 6.54 Å². The highest BCUT2D eigenvalue weighted by Gasteiger charge is 2.23. The molecule has 7 heteroatoms. The lowest BCUT2D eigenvalue weighted by Gasteiger charge is -2.21. The molecule has 1 unspecified atom stereocenters. The summed E-state index contributed by atoms with van der Waals surface area (Å²) >= 11 is 0. The van der Waals surface area contributed by atoms with Crippen LogP contribution in [0.5, 0.6) is 0 Å². The summed E-state index contributed by atoms with van der Waals surface area (Å²) < 4.78 is 35.6. The molecule has 0 spiro atoms. The van der Waals surface area contributed by atoms with E-state index in [1.165, 1.54) is 24.3 Å². The van der Waals surface area contributed by atoms with Crippen molar-refractivity contribution >= 4 is 15.9 Å². The Kier molecular flexibility index (Phi) is 6.50. The minimum absolute atomic E-state index is 0.0569. The Morgan fingerprint density at radius 3 is 2.15 bits per heavy atom. The highest BCUT2D eigenvalue weighted by Crippen LogP contribution is 2.25. The molecule has 0 bridgehead atoms. The fraction of sp³-hybridized carbons (Fsp3) is 0.316. The van der Waals surface area contributed by atoms with Crippen LogP contribution >= 0.6 is 0 Å². The maximum Gasteiger partial charge on any atom is 0.238 e. The topological polar surface area (TPSA) is 89.3 Å². The number of sulfonamides is 1. The van der Waals surface area contributed by atoms with Crippen LogP contribution in [0, 0.1) is 11.7 Å². The van der Waals surface area contributed by atoms with Gasteiger partial charge in [-0.05, 0) is 47.7 Å². The third kappa shape index (κ3) is 5.37. The van der Waals surface area contributed by atoms with Crippen molar-refractivity contribution < 1.29 is 17.6 Å². The van der Waals surface area contributed by atoms with Crippen LogP contribution in [0.15, 0.2) is 53.4 Å². The first-order valence-corrected chi connectivity index (χ1v) is 9.88. The SMILES string of the molecule is CC(C)C(C(=O)NCCc1ccc(S(N)(=O)=O)cc1)c1ccc(F)cc1. The molecule has 3 N–H and O–H groups in total. The van der Waals surface area contributed by atoms with Crippen LogP contribution in [0.1, 0.15) is 30.9 Å². The van der Waals surface area contributed by atoms with Crippen LogP contribution in [0.3, 0.4) is 0 Å². The highest BCUT2D eigenvalue weighted by molar-refractivity contribution is 7.89. The molecular weight excluding hydrogens is 355 g/mol. The lowest BCUT2D eigenvalue weighted by molar-refractivity contribution is -0.123. The zero-order valence-corrected chi connectivity index (χ0v) is 15.6. The first-order valence-electron chi connectivity index (χ1n) is 8.33. The Bertz CT molecular complexity index is 847. The lowest BCUT2D eigenvalue weighted by atomic mass is 9.87. The summed E-state index contributed by atoms with van der Waals surface area (Å²) in [5.41, 5.74) is 1.66. The van der Waals surface area contributed by atoms with E-state index in [1.54, 1.807) is 24.3 Å². The molecule has 1 amide bonds. The van der Waals surface area contributed by atoms with Gasteiger partial charge in [0, 0.05) is 6.54 Å². The van der Waals surface area contributed by atoms with E-state index in [2.05, 4.69) is 5.32 Å². The lowest BCUT2D eigenvalue weighted by Crippen LogP contribution is -2.33. The molecule has 0 aliphatic carbocycles. The van der Waals surface area contributed by atoms with E-state index in [-0.39, 0.29) is 28.5 Å². The van der Waals surface area contributed by atoms with Crippen LogP contribution in [-0.2, 0) is 21.2 Å². The van der Waals surface area contributed by atoms with Crippen LogP contribution in [0.2, 0.25) is 0 Å². The van der Waals surface area contributed by atoms with Crippen LogP contribution in [-0.4, -0.2) is 20.9 Å². The molecule has 0 aliphatic heterocycles. The molecule has 1 atom stereocenters. The van der Waals surface area contributed by atoms with Gasteiger partial charge in [0.1, 0.15) is 5.82 Å². The predicted molar refractivity (Wildman–Crippen MR) is 98.5 cm³/mol. The molecule has 2 aromatic rings. The third-order valence-corrected chi connectivity index (χ3v) is 5.07. The standard InChI is InChI=1S/C19H23FN2O3S/c1-13(2)18(15-5-7-16(20)8-6-15)19(23)22-12-11-14-3-9-17(10-4-14)26(21,24)25/h3-10,13,18H,11-12H2,1-2H3,(H,22,23)(H2,21,24,25). The molecule has 0 heterocycles. The summed E-state index contributed by atoms with van der Waals surface area (Å²) in [6.07, 6.45) is 0.560. The summed E-state index contributed by atoms with van der Waals surface area (Å²) in [6, 6.07) is 12.2. The van der Waals surface area contributed by atoms with Crippen LogP contribution < -0.4 is 10.5 Å². The number of halogens is 1. The number of carbonyl (C=O) groups is 1. The maximum atomic E-state index is 13.1. The summed E-state index contributed by atoms with van der Waals surface area (Å²) in [7, 11) is -3.70. The molecule has 2 rings (SSSR count). The summed E-state index contributed by atoms with van der Waals surface area (Å²) in [5, 5.41) is 7.96. The Labute approximate surface area is 153 Å². The Morgan fingerprint density at radius 2 is 1.65 bits per heavy atom. The molecule has 0 radical (unpaired) electrons. The number of nitrogens with two attached hydrogens (primary N) is 1. The number of primary sulfonamides is 1. The van der Waals surface area contributed by atoms with Crippen molar-refractivity contribution in [3.05, 3.63) is 65.5 Å². The maximum absolute atomic E-state index is 13.1. The van der Waals surface area contributed by atoms with Gasteiger partial charge >= 0.3 is 0 Å². The van der Waals surface area contributed by atoms with Gasteiger partial charge in [0.05, 0.1) is 10.8 Å². The second-order valence-electron chi connectivity index (χ2n) is 6.50. The smallest absolute Gasteiger partial charge is 0.238 e. The first-order chi connectivity index (χ1) is 12.2. The van der Waals surface area contributed by atoms with E-state index in [4.69, 9.17) is 5.14 Å². The van der Waals surface area contributed by atoms with Crippen molar-refractivity contribution in [2.24, 2.45) is 11.1 Å². The molecule has 0 aromatic heterocycles. The van der Waals surface area contributed by atoms with Gasteiger partial charge in [-0.2, -0.15) is 0 Å². The van der Waals surface area contributed by atoms with Gasteiger partial charge in [-0.15, -0.1) is 0 Å². The van der Waals surface area contributed by atoms with Crippen molar-refractivity contribution in [3.63, 3.8) is 0 Å². The Morgan fingerprint density at radius 1 is 1.08 bits per heavy atom. The number of amides is 1. The number of rotatable bonds is 7. The monoisotopic (exact) mass is 378 g/mol. The summed E-state index contributed by atoms with van der Waals surface area (Å²) in [6.45, 7) is 4.30. The van der Waals surface area contributed by atoms with Gasteiger partial charge in [0.25, 0.3) is 0 Å². The number of hydrogen-bond acceptors (Lipinski definition) is 3. The summed E-state index contributed by atoms with van der Waals surface area (Å²) in [4.78, 5) is 12.6. The Balaban J connectivity index is 1.97. The van der Waals surface area contributed by atoms with Crippen LogP contribution in [0.25, 0.3) is 0 Å². The van der Waals surface area contributed by atoms with Gasteiger partial charge in [-0.1, -0.05) is 38.1 Å². The van der Waals surface area contributed by atoms with Crippen molar-refractivity contribution in [2.45, 2.75) is 31.1 Å². The summed E-state index contributed by atoms with van der Waals surface area (Å²) in [5.74, 6) is -0.748. The third-order valence-electron chi connectivity index (χ3n) is 4.14. The van der Waals surface area contributed by atoms with Gasteiger partial charge in [0.2, 0.25) is 15.9 Å². The number of nitrogens with one attached hydrogen (secondary N) is 1. The van der Waals surface area contributed by atoms with Gasteiger partial charge < -0.3 is 5.32 Å². The van der Waals surface area contributed by atoms with Gasteiger partial charge in [-0.25, -0.2) is 17.9 Å². The van der Waals surface area contributed by atoms with E-state index < -0.39 is 10.0 Å². The molecule has 0 saturated heterocycles. The predicted octanol–water partition coefficient (Wildman–Crippen LogP) is 2.57. The van der Waals surface area contributed by atoms with E-state index >= 15 is 0 Å². The number of carbonyl (C=O) groups excluding carboxylic acids is 1. The van der Waals surface area contributed by atoms with E-state index in [1.807, 2.05) is 13.8 Å². The average molecular weight is 378 g/mol. The molecule has 140 valence electrons. The molecule has 2 aromatic carbocycles. The van der Waals surface area contributed by atoms with Crippen LogP contribution in [0.4, 0.5) is 4.39 Å². The molecule has 0 fully saturated rings. The second kappa shape index (κ2) is 8.42. The molecule has 0 aliphatic rings. The zero-order valence-electron chi connectivity index (χ0n) is 14.8. The normalized spacial score (nSPS) is 12.8. The average Bonchev–Trinajstić information content (AvgIpc) is 2.56. The molecule has 0 saturated carbocycles. The fourth-order valence-corrected chi connectivity index (χ4v) is 3.31. The van der Waals surface area contributed by atoms with Crippen molar-refractivity contribution in [3.8, 4) is 0 Å². The number of benzene rings is 2. The quantitative estimate of drug-likeness (QED) is 0.776. The minimum Gasteiger partial charge on any atom is -0.355 e. The second-order valence-corrected chi connectivity index (χ2v) is 8.06.